The smallest absolute Gasteiger partial charge is 0.464 e. The molecule has 1 aromatic heterocycles. The molecule has 0 fully saturated rings. The fourth-order valence-electron chi connectivity index (χ4n) is 1.88. The molecule has 0 spiro atoms. The van der Waals surface area contributed by atoms with Gasteiger partial charge in [0.05, 0.1) is 11.4 Å². The summed E-state index contributed by atoms with van der Waals surface area (Å²) in [5, 5.41) is 1.76. The van der Waals surface area contributed by atoms with Crippen molar-refractivity contribution in [3.05, 3.63) is 22.1 Å². The van der Waals surface area contributed by atoms with Gasteiger partial charge in [0.25, 0.3) is 0 Å². The van der Waals surface area contributed by atoms with E-state index in [1.165, 1.54) is 13.8 Å². The molecule has 25 heavy (non-hydrogen) atoms. The molecule has 0 aromatic carbocycles. The van der Waals surface area contributed by atoms with Crippen molar-refractivity contribution < 1.29 is 32.7 Å². The molecule has 1 heterocycles. The van der Waals surface area contributed by atoms with Crippen LogP contribution in [-0.2, 0) is 25.7 Å². The lowest BCUT2D eigenvalue weighted by atomic mass is 10.0. The van der Waals surface area contributed by atoms with E-state index in [4.69, 9.17) is 13.9 Å². The predicted octanol–water partition coefficient (Wildman–Crippen LogP) is 1.76. The first-order valence-electron chi connectivity index (χ1n) is 7.45. The zero-order chi connectivity index (χ0) is 19.2. The molecule has 0 bridgehead atoms. The number of hydrogen-bond donors (Lipinski definition) is 1. The molecule has 0 saturated carbocycles. The van der Waals surface area contributed by atoms with Crippen molar-refractivity contribution in [2.45, 2.75) is 52.0 Å². The Hall–Kier alpha value is -2.23. The fraction of sp³-hybridized carbons (Fsp3) is 0.600. The second-order valence-corrected chi connectivity index (χ2v) is 7.15. The average Bonchev–Trinajstić information content (AvgIpc) is 2.80. The van der Waals surface area contributed by atoms with Crippen molar-refractivity contribution in [3.63, 3.8) is 0 Å². The molecular formula is C15H21NO8S. The molecule has 1 aromatic rings. The third-order valence-corrected chi connectivity index (χ3v) is 4.11. The molecule has 0 unspecified atom stereocenters. The minimum atomic E-state index is -1.05. The highest BCUT2D eigenvalue weighted by molar-refractivity contribution is 8.14. The highest BCUT2D eigenvalue weighted by Crippen LogP contribution is 2.31. The Morgan fingerprint density at radius 3 is 2.36 bits per heavy atom. The van der Waals surface area contributed by atoms with Gasteiger partial charge in [-0.25, -0.2) is 14.4 Å². The summed E-state index contributed by atoms with van der Waals surface area (Å²) < 4.78 is 18.3. The van der Waals surface area contributed by atoms with E-state index in [1.54, 1.807) is 20.8 Å². The number of amides is 1. The fourth-order valence-corrected chi connectivity index (χ4v) is 2.70. The van der Waals surface area contributed by atoms with Crippen molar-refractivity contribution in [1.82, 2.24) is 5.32 Å². The van der Waals surface area contributed by atoms with E-state index in [9.17, 15) is 19.2 Å². The van der Waals surface area contributed by atoms with Crippen LogP contribution in [0.1, 0.15) is 39.2 Å². The third-order valence-electron chi connectivity index (χ3n) is 3.07. The highest BCUT2D eigenvalue weighted by Gasteiger charge is 2.40. The Morgan fingerprint density at radius 2 is 1.88 bits per heavy atom. The van der Waals surface area contributed by atoms with Crippen molar-refractivity contribution in [1.29, 1.82) is 0 Å². The molecule has 0 aliphatic rings. The van der Waals surface area contributed by atoms with Crippen LogP contribution in [0.25, 0.3) is 0 Å². The number of carbonyl (C=O) groups is 3. The molecule has 1 N–H and O–H groups in total. The Bertz CT molecular complexity index is 690. The molecule has 0 saturated heterocycles. The van der Waals surface area contributed by atoms with Crippen molar-refractivity contribution in [3.8, 4) is 0 Å². The Morgan fingerprint density at radius 1 is 1.24 bits per heavy atom. The van der Waals surface area contributed by atoms with Gasteiger partial charge in [0.15, 0.2) is 18.1 Å². The van der Waals surface area contributed by atoms with Gasteiger partial charge in [0, 0.05) is 6.92 Å². The minimum Gasteiger partial charge on any atom is -0.464 e. The van der Waals surface area contributed by atoms with Crippen LogP contribution in [0.3, 0.4) is 0 Å². The molecule has 9 nitrogen and oxygen atoms in total. The number of thioether (sulfide) groups is 1. The van der Waals surface area contributed by atoms with Crippen LogP contribution in [-0.4, -0.2) is 34.6 Å². The number of esters is 1. The molecule has 1 atom stereocenters. The summed E-state index contributed by atoms with van der Waals surface area (Å²) >= 11 is 0.711. The topological polar surface area (TPSA) is 125 Å². The first-order valence-corrected chi connectivity index (χ1v) is 8.27. The Kier molecular flexibility index (Phi) is 7.28. The molecule has 0 aliphatic carbocycles. The van der Waals surface area contributed by atoms with Gasteiger partial charge in [-0.3, -0.25) is 4.79 Å². The van der Waals surface area contributed by atoms with E-state index in [2.05, 4.69) is 9.73 Å². The Labute approximate surface area is 148 Å². The van der Waals surface area contributed by atoms with Crippen LogP contribution in [0.15, 0.2) is 13.6 Å². The number of carbonyl (C=O) groups excluding carboxylic acids is 3. The number of aryl methyl sites for hydroxylation is 1. The lowest BCUT2D eigenvalue weighted by Crippen LogP contribution is -2.53. The second-order valence-electron chi connectivity index (χ2n) is 5.56. The van der Waals surface area contributed by atoms with Crippen LogP contribution in [0.2, 0.25) is 0 Å². The number of nitrogens with one attached hydrogen (secondary N) is 1. The number of rotatable bonds is 7. The summed E-state index contributed by atoms with van der Waals surface area (Å²) in [6.45, 7) is 7.44. The van der Waals surface area contributed by atoms with Crippen LogP contribution in [0.4, 0.5) is 4.79 Å². The Balaban J connectivity index is 2.75. The zero-order valence-corrected chi connectivity index (χ0v) is 15.5. The third kappa shape index (κ3) is 6.29. The monoisotopic (exact) mass is 375 g/mol. The molecule has 1 rings (SSSR count). The van der Waals surface area contributed by atoms with Gasteiger partial charge in [0.2, 0.25) is 5.91 Å². The van der Waals surface area contributed by atoms with Gasteiger partial charge in [-0.2, -0.15) is 0 Å². The van der Waals surface area contributed by atoms with Gasteiger partial charge < -0.3 is 23.6 Å². The number of hydrogen-bond acceptors (Lipinski definition) is 9. The summed E-state index contributed by atoms with van der Waals surface area (Å²) in [6.07, 6.45) is 0. The van der Waals surface area contributed by atoms with E-state index >= 15 is 0 Å². The van der Waals surface area contributed by atoms with E-state index in [1.807, 2.05) is 0 Å². The molecule has 140 valence electrons. The van der Waals surface area contributed by atoms with Crippen molar-refractivity contribution >= 4 is 28.9 Å². The lowest BCUT2D eigenvalue weighted by molar-refractivity contribution is -0.148. The normalized spacial score (nSPS) is 12.4. The molecule has 0 radical (unpaired) electrons. The first kappa shape index (κ1) is 20.8. The quantitative estimate of drug-likeness (QED) is 0.709. The van der Waals surface area contributed by atoms with E-state index in [-0.39, 0.29) is 24.7 Å². The van der Waals surface area contributed by atoms with E-state index < -0.39 is 33.8 Å². The molecule has 1 amide bonds. The van der Waals surface area contributed by atoms with Crippen LogP contribution in [0, 0.1) is 6.92 Å². The van der Waals surface area contributed by atoms with Gasteiger partial charge in [-0.15, -0.1) is 0 Å². The average molecular weight is 375 g/mol. The largest absolute Gasteiger partial charge is 0.519 e. The maximum absolute atomic E-state index is 12.1. The van der Waals surface area contributed by atoms with Crippen molar-refractivity contribution in [2.75, 3.05) is 6.61 Å². The highest BCUT2D eigenvalue weighted by atomic mass is 32.2. The van der Waals surface area contributed by atoms with Gasteiger partial charge in [-0.05, 0) is 39.5 Å². The van der Waals surface area contributed by atoms with Crippen LogP contribution >= 0.6 is 11.8 Å². The maximum atomic E-state index is 12.1. The van der Waals surface area contributed by atoms with E-state index in [0.717, 1.165) is 0 Å². The SMILES string of the molecule is CCOC(=O)[C@H](NC(C)=O)C(C)(C)SC(=O)OCc1oc(=O)oc1C. The minimum absolute atomic E-state index is 0.0977. The van der Waals surface area contributed by atoms with Crippen LogP contribution < -0.4 is 11.1 Å². The molecular weight excluding hydrogens is 354 g/mol. The standard InChI is InChI=1S/C15H21NO8S/c1-6-21-12(18)11(16-9(3)17)15(4,5)25-14(20)22-7-10-8(2)23-13(19)24-10/h11H,6-7H2,1-5H3,(H,16,17)/t11-/m0/s1. The molecule has 0 aliphatic heterocycles. The summed E-state index contributed by atoms with van der Waals surface area (Å²) in [7, 11) is 0. The summed E-state index contributed by atoms with van der Waals surface area (Å²) in [5.74, 6) is -1.66. The maximum Gasteiger partial charge on any atom is 0.519 e. The van der Waals surface area contributed by atoms with Gasteiger partial charge in [-0.1, -0.05) is 0 Å². The first-order chi connectivity index (χ1) is 11.6. The van der Waals surface area contributed by atoms with Crippen molar-refractivity contribution in [2.24, 2.45) is 0 Å². The molecule has 10 heteroatoms. The zero-order valence-electron chi connectivity index (χ0n) is 14.7. The summed E-state index contributed by atoms with van der Waals surface area (Å²) in [4.78, 5) is 46.4. The predicted molar refractivity (Wildman–Crippen MR) is 88.1 cm³/mol. The van der Waals surface area contributed by atoms with E-state index in [0.29, 0.717) is 11.8 Å². The lowest BCUT2D eigenvalue weighted by Gasteiger charge is -2.31. The number of ether oxygens (including phenoxy) is 2. The van der Waals surface area contributed by atoms with Gasteiger partial charge >= 0.3 is 17.1 Å². The summed E-state index contributed by atoms with van der Waals surface area (Å²) in [6, 6.07) is -1.05. The van der Waals surface area contributed by atoms with Crippen LogP contribution in [0.5, 0.6) is 0 Å². The summed E-state index contributed by atoms with van der Waals surface area (Å²) in [5.41, 5.74) is 0. The van der Waals surface area contributed by atoms with Gasteiger partial charge in [0.1, 0.15) is 6.04 Å². The second kappa shape index (κ2) is 8.75.